The van der Waals surface area contributed by atoms with Crippen LogP contribution in [-0.2, 0) is 6.54 Å². The van der Waals surface area contributed by atoms with Crippen LogP contribution >= 0.6 is 11.3 Å². The molecule has 0 aromatic carbocycles. The van der Waals surface area contributed by atoms with Crippen LogP contribution in [0.2, 0.25) is 0 Å². The Balaban J connectivity index is 1.98. The predicted molar refractivity (Wildman–Crippen MR) is 80.2 cm³/mol. The van der Waals surface area contributed by atoms with Gasteiger partial charge in [-0.05, 0) is 52.9 Å². The lowest BCUT2D eigenvalue weighted by molar-refractivity contribution is 0.314. The van der Waals surface area contributed by atoms with Crippen molar-refractivity contribution in [3.8, 4) is 0 Å². The lowest BCUT2D eigenvalue weighted by atomic mass is 10.2. The molecule has 0 saturated heterocycles. The summed E-state index contributed by atoms with van der Waals surface area (Å²) in [5.74, 6) is 0. The van der Waals surface area contributed by atoms with Crippen molar-refractivity contribution in [3.05, 3.63) is 16.1 Å². The fourth-order valence-corrected chi connectivity index (χ4v) is 2.55. The van der Waals surface area contributed by atoms with Crippen molar-refractivity contribution in [2.24, 2.45) is 0 Å². The third-order valence-corrected chi connectivity index (χ3v) is 3.74. The van der Waals surface area contributed by atoms with Gasteiger partial charge in [0.1, 0.15) is 0 Å². The zero-order chi connectivity index (χ0) is 13.2. The second kappa shape index (κ2) is 9.48. The molecule has 0 aliphatic heterocycles. The first-order chi connectivity index (χ1) is 8.72. The van der Waals surface area contributed by atoms with Crippen LogP contribution in [0.5, 0.6) is 0 Å². The van der Waals surface area contributed by atoms with Gasteiger partial charge >= 0.3 is 0 Å². The predicted octanol–water partition coefficient (Wildman–Crippen LogP) is 3.05. The van der Waals surface area contributed by atoms with E-state index in [1.165, 1.54) is 49.5 Å². The van der Waals surface area contributed by atoms with Crippen molar-refractivity contribution in [2.75, 3.05) is 26.7 Å². The van der Waals surface area contributed by atoms with Gasteiger partial charge in [0.2, 0.25) is 0 Å². The van der Waals surface area contributed by atoms with Gasteiger partial charge in [0.15, 0.2) is 0 Å². The fourth-order valence-electron chi connectivity index (χ4n) is 1.95. The van der Waals surface area contributed by atoms with Crippen molar-refractivity contribution in [1.82, 2.24) is 15.2 Å². The number of hydrogen-bond acceptors (Lipinski definition) is 4. The summed E-state index contributed by atoms with van der Waals surface area (Å²) in [5.41, 5.74) is 1.21. The molecule has 3 nitrogen and oxygen atoms in total. The highest BCUT2D eigenvalue weighted by atomic mass is 32.1. The highest BCUT2D eigenvalue weighted by Crippen LogP contribution is 2.10. The summed E-state index contributed by atoms with van der Waals surface area (Å²) in [5, 5.41) is 6.78. The molecular formula is C14H27N3S. The summed E-state index contributed by atoms with van der Waals surface area (Å²) in [4.78, 5) is 6.86. The van der Waals surface area contributed by atoms with Crippen LogP contribution in [0, 0.1) is 6.92 Å². The molecule has 0 bridgehead atoms. The molecule has 1 N–H and O–H groups in total. The summed E-state index contributed by atoms with van der Waals surface area (Å²) in [6.07, 6.45) is 5.13. The Hall–Kier alpha value is -0.450. The standard InChI is InChI=1S/C14H27N3S/c1-4-8-15-9-6-5-7-10-17(3)11-14-12-18-13(2)16-14/h12,15H,4-11H2,1-3H3. The van der Waals surface area contributed by atoms with E-state index in [4.69, 9.17) is 0 Å². The average molecular weight is 269 g/mol. The number of thiazole rings is 1. The van der Waals surface area contributed by atoms with Gasteiger partial charge in [-0.15, -0.1) is 11.3 Å². The normalized spacial score (nSPS) is 11.3. The minimum Gasteiger partial charge on any atom is -0.317 e. The van der Waals surface area contributed by atoms with E-state index < -0.39 is 0 Å². The van der Waals surface area contributed by atoms with Crippen molar-refractivity contribution in [3.63, 3.8) is 0 Å². The van der Waals surface area contributed by atoms with E-state index in [1.54, 1.807) is 11.3 Å². The maximum absolute atomic E-state index is 4.50. The van der Waals surface area contributed by atoms with Crippen molar-refractivity contribution < 1.29 is 0 Å². The van der Waals surface area contributed by atoms with Gasteiger partial charge in [-0.25, -0.2) is 4.98 Å². The van der Waals surface area contributed by atoms with Gasteiger partial charge in [-0.2, -0.15) is 0 Å². The first kappa shape index (κ1) is 15.6. The number of rotatable bonds is 10. The molecule has 0 aliphatic carbocycles. The molecule has 1 aromatic rings. The van der Waals surface area contributed by atoms with Crippen LogP contribution in [0.4, 0.5) is 0 Å². The van der Waals surface area contributed by atoms with Gasteiger partial charge in [0, 0.05) is 11.9 Å². The number of nitrogens with one attached hydrogen (secondary N) is 1. The van der Waals surface area contributed by atoms with Crippen LogP contribution < -0.4 is 5.32 Å². The summed E-state index contributed by atoms with van der Waals surface area (Å²) in [6, 6.07) is 0. The number of hydrogen-bond donors (Lipinski definition) is 1. The molecule has 0 fully saturated rings. The molecule has 4 heteroatoms. The molecule has 0 amide bonds. The molecular weight excluding hydrogens is 242 g/mol. The number of unbranched alkanes of at least 4 members (excludes halogenated alkanes) is 2. The quantitative estimate of drug-likeness (QED) is 0.662. The molecule has 0 radical (unpaired) electrons. The minimum atomic E-state index is 0.985. The topological polar surface area (TPSA) is 28.2 Å². The average Bonchev–Trinajstić information content (AvgIpc) is 2.73. The fraction of sp³-hybridized carbons (Fsp3) is 0.786. The van der Waals surface area contributed by atoms with Crippen LogP contribution in [0.3, 0.4) is 0 Å². The highest BCUT2D eigenvalue weighted by molar-refractivity contribution is 7.09. The van der Waals surface area contributed by atoms with E-state index >= 15 is 0 Å². The molecule has 1 aromatic heterocycles. The molecule has 1 rings (SSSR count). The minimum absolute atomic E-state index is 0.985. The van der Waals surface area contributed by atoms with E-state index in [0.29, 0.717) is 0 Å². The van der Waals surface area contributed by atoms with E-state index in [9.17, 15) is 0 Å². The third-order valence-electron chi connectivity index (χ3n) is 2.92. The van der Waals surface area contributed by atoms with Gasteiger partial charge in [-0.3, -0.25) is 0 Å². The first-order valence-corrected chi connectivity index (χ1v) is 7.90. The molecule has 0 unspecified atom stereocenters. The largest absolute Gasteiger partial charge is 0.317 e. The zero-order valence-corrected chi connectivity index (χ0v) is 12.9. The van der Waals surface area contributed by atoms with E-state index in [2.05, 4.69) is 41.5 Å². The third kappa shape index (κ3) is 7.09. The van der Waals surface area contributed by atoms with Gasteiger partial charge in [-0.1, -0.05) is 13.3 Å². The monoisotopic (exact) mass is 269 g/mol. The van der Waals surface area contributed by atoms with Crippen LogP contribution in [0.25, 0.3) is 0 Å². The first-order valence-electron chi connectivity index (χ1n) is 7.02. The Kier molecular flexibility index (Phi) is 8.22. The second-order valence-corrected chi connectivity index (χ2v) is 5.97. The Morgan fingerprint density at radius 3 is 2.78 bits per heavy atom. The molecule has 104 valence electrons. The van der Waals surface area contributed by atoms with Crippen LogP contribution in [0.15, 0.2) is 5.38 Å². The maximum atomic E-state index is 4.50. The number of aryl methyl sites for hydroxylation is 1. The van der Waals surface area contributed by atoms with E-state index in [0.717, 1.165) is 13.1 Å². The van der Waals surface area contributed by atoms with Crippen LogP contribution in [0.1, 0.15) is 43.3 Å². The Bertz CT molecular complexity index is 312. The summed E-state index contributed by atoms with van der Waals surface area (Å²) in [7, 11) is 2.18. The molecule has 0 spiro atoms. The molecule has 0 saturated carbocycles. The summed E-state index contributed by atoms with van der Waals surface area (Å²) >= 11 is 1.74. The number of aromatic nitrogens is 1. The van der Waals surface area contributed by atoms with E-state index in [-0.39, 0.29) is 0 Å². The molecule has 1 heterocycles. The summed E-state index contributed by atoms with van der Waals surface area (Å²) in [6.45, 7) is 8.76. The van der Waals surface area contributed by atoms with Crippen molar-refractivity contribution in [1.29, 1.82) is 0 Å². The van der Waals surface area contributed by atoms with Crippen molar-refractivity contribution in [2.45, 2.75) is 46.1 Å². The molecule has 0 aliphatic rings. The second-order valence-electron chi connectivity index (χ2n) is 4.91. The Labute approximate surface area is 116 Å². The van der Waals surface area contributed by atoms with Gasteiger partial charge in [0.05, 0.1) is 10.7 Å². The lowest BCUT2D eigenvalue weighted by Crippen LogP contribution is -2.20. The molecule has 18 heavy (non-hydrogen) atoms. The SMILES string of the molecule is CCCNCCCCCN(C)Cc1csc(C)n1. The van der Waals surface area contributed by atoms with E-state index in [1.807, 2.05) is 0 Å². The highest BCUT2D eigenvalue weighted by Gasteiger charge is 2.03. The van der Waals surface area contributed by atoms with Gasteiger partial charge < -0.3 is 10.2 Å². The van der Waals surface area contributed by atoms with Crippen molar-refractivity contribution >= 4 is 11.3 Å². The summed E-state index contributed by atoms with van der Waals surface area (Å²) < 4.78 is 0. The smallest absolute Gasteiger partial charge is 0.0897 e. The number of nitrogens with zero attached hydrogens (tertiary/aromatic N) is 2. The zero-order valence-electron chi connectivity index (χ0n) is 12.0. The maximum Gasteiger partial charge on any atom is 0.0897 e. The lowest BCUT2D eigenvalue weighted by Gasteiger charge is -2.14. The van der Waals surface area contributed by atoms with Gasteiger partial charge in [0.25, 0.3) is 0 Å². The van der Waals surface area contributed by atoms with Crippen LogP contribution in [-0.4, -0.2) is 36.6 Å². The Morgan fingerprint density at radius 1 is 1.28 bits per heavy atom. The Morgan fingerprint density at radius 2 is 2.11 bits per heavy atom. The molecule has 0 atom stereocenters.